The van der Waals surface area contributed by atoms with Gasteiger partial charge in [0.15, 0.2) is 0 Å². The largest absolute Gasteiger partial charge is 0.459 e. The lowest BCUT2D eigenvalue weighted by atomic mass is 10.1. The summed E-state index contributed by atoms with van der Waals surface area (Å²) < 4.78 is 18.2. The van der Waals surface area contributed by atoms with E-state index in [1.54, 1.807) is 37.9 Å². The van der Waals surface area contributed by atoms with Crippen LogP contribution in [0.1, 0.15) is 64.3 Å². The summed E-state index contributed by atoms with van der Waals surface area (Å²) >= 11 is 0. The molecule has 1 aliphatic heterocycles. The molecule has 3 N–H and O–H groups in total. The van der Waals surface area contributed by atoms with E-state index in [1.807, 2.05) is 60.7 Å². The third-order valence-electron chi connectivity index (χ3n) is 7.96. The summed E-state index contributed by atoms with van der Waals surface area (Å²) in [6.07, 6.45) is 3.44. The molecule has 1 aliphatic rings. The van der Waals surface area contributed by atoms with Gasteiger partial charge in [0.2, 0.25) is 17.7 Å². The van der Waals surface area contributed by atoms with E-state index in [9.17, 15) is 24.0 Å². The average Bonchev–Trinajstić information content (AvgIpc) is 3.77. The number of carbonyl (C=O) groups excluding carboxylic acids is 5. The van der Waals surface area contributed by atoms with Gasteiger partial charge in [-0.1, -0.05) is 60.7 Å². The zero-order valence-corrected chi connectivity index (χ0v) is 29.8. The first kappa shape index (κ1) is 38.6. The molecule has 0 saturated carbocycles. The standard InChI is InChI=1S/C37H48N6O8/c1-25(34(46)43-18-12-17-31(43)33(45)40-26(2)35(47)50-22-28-15-10-7-11-16-28)39-32(44)30(41-36(48)51-37(3,4)5)19-29-20-42(23-38-29)24-49-21-27-13-8-6-9-14-27/h6-11,13-16,20,23,25-26,30-31H,12,17-19,21-22,24H2,1-5H3,(H,39,44)(H,40,45)(H,41,48)/t25-,26-,30+,31+/m1/s1. The number of amides is 4. The lowest BCUT2D eigenvalue weighted by Crippen LogP contribution is -2.57. The molecule has 0 aliphatic carbocycles. The summed E-state index contributed by atoms with van der Waals surface area (Å²) in [5.41, 5.74) is 1.53. The summed E-state index contributed by atoms with van der Waals surface area (Å²) in [6.45, 7) is 9.15. The van der Waals surface area contributed by atoms with E-state index in [-0.39, 0.29) is 19.8 Å². The zero-order valence-electron chi connectivity index (χ0n) is 29.8. The van der Waals surface area contributed by atoms with Gasteiger partial charge in [0, 0.05) is 19.2 Å². The maximum atomic E-state index is 13.6. The van der Waals surface area contributed by atoms with E-state index in [4.69, 9.17) is 14.2 Å². The average molecular weight is 705 g/mol. The smallest absolute Gasteiger partial charge is 0.408 e. The van der Waals surface area contributed by atoms with E-state index in [0.29, 0.717) is 31.7 Å². The Morgan fingerprint density at radius 3 is 2.18 bits per heavy atom. The Kier molecular flexibility index (Phi) is 13.7. The number of esters is 1. The highest BCUT2D eigenvalue weighted by molar-refractivity contribution is 5.95. The van der Waals surface area contributed by atoms with E-state index in [1.165, 1.54) is 18.7 Å². The molecule has 2 aromatic carbocycles. The quantitative estimate of drug-likeness (QED) is 0.201. The van der Waals surface area contributed by atoms with Crippen molar-refractivity contribution in [3.63, 3.8) is 0 Å². The predicted octanol–water partition coefficient (Wildman–Crippen LogP) is 3.24. The van der Waals surface area contributed by atoms with Gasteiger partial charge in [0.05, 0.1) is 18.6 Å². The van der Waals surface area contributed by atoms with Gasteiger partial charge < -0.3 is 39.6 Å². The van der Waals surface area contributed by atoms with Crippen LogP contribution in [0.25, 0.3) is 0 Å². The molecule has 1 saturated heterocycles. The Hall–Kier alpha value is -5.24. The Balaban J connectivity index is 1.34. The van der Waals surface area contributed by atoms with Crippen molar-refractivity contribution in [2.24, 2.45) is 0 Å². The SMILES string of the molecule is C[C@@H](NC(=O)[C@@H]1CCCN1C(=O)[C@@H](C)NC(=O)[C@H](Cc1cn(COCc2ccccc2)cn1)NC(=O)OC(C)(C)C)C(=O)OCc1ccccc1. The molecule has 4 rings (SSSR count). The van der Waals surface area contributed by atoms with Gasteiger partial charge in [-0.2, -0.15) is 0 Å². The number of nitrogens with one attached hydrogen (secondary N) is 3. The van der Waals surface area contributed by atoms with Crippen LogP contribution in [-0.2, 0) is 59.8 Å². The van der Waals surface area contributed by atoms with E-state index in [2.05, 4.69) is 20.9 Å². The molecule has 51 heavy (non-hydrogen) atoms. The molecule has 4 amide bonds. The van der Waals surface area contributed by atoms with Gasteiger partial charge in [-0.05, 0) is 58.6 Å². The second-order valence-electron chi connectivity index (χ2n) is 13.5. The Morgan fingerprint density at radius 1 is 0.882 bits per heavy atom. The monoisotopic (exact) mass is 704 g/mol. The van der Waals surface area contributed by atoms with Gasteiger partial charge >= 0.3 is 12.1 Å². The van der Waals surface area contributed by atoms with Crippen molar-refractivity contribution in [3.05, 3.63) is 90.0 Å². The summed E-state index contributed by atoms with van der Waals surface area (Å²) in [7, 11) is 0. The second kappa shape index (κ2) is 18.1. The van der Waals surface area contributed by atoms with Crippen LogP contribution in [-0.4, -0.2) is 80.5 Å². The first-order valence-electron chi connectivity index (χ1n) is 17.0. The van der Waals surface area contributed by atoms with Crippen LogP contribution < -0.4 is 16.0 Å². The van der Waals surface area contributed by atoms with Crippen LogP contribution in [0.5, 0.6) is 0 Å². The molecule has 14 heteroatoms. The lowest BCUT2D eigenvalue weighted by Gasteiger charge is -2.29. The Labute approximate surface area is 298 Å². The van der Waals surface area contributed by atoms with Gasteiger partial charge in [0.25, 0.3) is 0 Å². The first-order valence-corrected chi connectivity index (χ1v) is 17.0. The van der Waals surface area contributed by atoms with Crippen molar-refractivity contribution in [2.45, 2.75) is 104 Å². The molecule has 2 heterocycles. The number of likely N-dealkylation sites (tertiary alicyclic amines) is 1. The lowest BCUT2D eigenvalue weighted by molar-refractivity contribution is -0.149. The maximum Gasteiger partial charge on any atom is 0.408 e. The topological polar surface area (TPSA) is 170 Å². The molecule has 14 nitrogen and oxygen atoms in total. The van der Waals surface area contributed by atoms with E-state index < -0.39 is 59.6 Å². The molecule has 274 valence electrons. The number of aromatic nitrogens is 2. The minimum Gasteiger partial charge on any atom is -0.459 e. The molecule has 1 aromatic heterocycles. The predicted molar refractivity (Wildman–Crippen MR) is 187 cm³/mol. The van der Waals surface area contributed by atoms with Crippen LogP contribution in [0.15, 0.2) is 73.2 Å². The molecular formula is C37H48N6O8. The van der Waals surface area contributed by atoms with E-state index in [0.717, 1.165) is 11.1 Å². The number of alkyl carbamates (subject to hydrolysis) is 1. The summed E-state index contributed by atoms with van der Waals surface area (Å²) in [4.78, 5) is 71.4. The number of imidazole rings is 1. The molecule has 0 spiro atoms. The highest BCUT2D eigenvalue weighted by Crippen LogP contribution is 2.19. The zero-order chi connectivity index (χ0) is 37.0. The number of carbonyl (C=O) groups is 5. The minimum atomic E-state index is -1.14. The number of hydrogen-bond acceptors (Lipinski definition) is 9. The molecule has 3 aromatic rings. The fourth-order valence-electron chi connectivity index (χ4n) is 5.44. The van der Waals surface area contributed by atoms with Crippen LogP contribution in [0.2, 0.25) is 0 Å². The van der Waals surface area contributed by atoms with Crippen LogP contribution in [0, 0.1) is 0 Å². The van der Waals surface area contributed by atoms with Crippen molar-refractivity contribution >= 4 is 29.8 Å². The number of ether oxygens (including phenoxy) is 3. The summed E-state index contributed by atoms with van der Waals surface area (Å²) in [5.74, 6) is -2.20. The molecular weight excluding hydrogens is 656 g/mol. The molecule has 4 atom stereocenters. The van der Waals surface area contributed by atoms with Crippen LogP contribution in [0.4, 0.5) is 4.79 Å². The number of nitrogens with zero attached hydrogens (tertiary/aromatic N) is 3. The van der Waals surface area contributed by atoms with Crippen LogP contribution >= 0.6 is 0 Å². The van der Waals surface area contributed by atoms with Gasteiger partial charge in [0.1, 0.15) is 43.1 Å². The van der Waals surface area contributed by atoms with Crippen molar-refractivity contribution in [2.75, 3.05) is 6.54 Å². The third kappa shape index (κ3) is 12.2. The molecule has 1 fully saturated rings. The fourth-order valence-corrected chi connectivity index (χ4v) is 5.44. The summed E-state index contributed by atoms with van der Waals surface area (Å²) in [6, 6.07) is 15.0. The first-order chi connectivity index (χ1) is 24.3. The van der Waals surface area contributed by atoms with Gasteiger partial charge in [-0.3, -0.25) is 14.4 Å². The second-order valence-corrected chi connectivity index (χ2v) is 13.5. The van der Waals surface area contributed by atoms with Gasteiger partial charge in [-0.25, -0.2) is 14.6 Å². The third-order valence-corrected chi connectivity index (χ3v) is 7.96. The summed E-state index contributed by atoms with van der Waals surface area (Å²) in [5, 5.41) is 7.95. The maximum absolute atomic E-state index is 13.6. The molecule has 0 bridgehead atoms. The number of benzene rings is 2. The van der Waals surface area contributed by atoms with Crippen molar-refractivity contribution in [1.29, 1.82) is 0 Å². The molecule has 0 unspecified atom stereocenters. The highest BCUT2D eigenvalue weighted by atomic mass is 16.6. The Morgan fingerprint density at radius 2 is 1.53 bits per heavy atom. The molecule has 0 radical (unpaired) electrons. The van der Waals surface area contributed by atoms with Crippen molar-refractivity contribution < 1.29 is 38.2 Å². The minimum absolute atomic E-state index is 0.00464. The highest BCUT2D eigenvalue weighted by Gasteiger charge is 2.38. The van der Waals surface area contributed by atoms with Gasteiger partial charge in [-0.15, -0.1) is 0 Å². The van der Waals surface area contributed by atoms with Crippen molar-refractivity contribution in [3.8, 4) is 0 Å². The number of rotatable bonds is 15. The Bertz CT molecular complexity index is 1620. The van der Waals surface area contributed by atoms with E-state index >= 15 is 0 Å². The van der Waals surface area contributed by atoms with Crippen molar-refractivity contribution in [1.82, 2.24) is 30.4 Å². The normalized spacial score (nSPS) is 16.0. The van der Waals surface area contributed by atoms with Crippen LogP contribution in [0.3, 0.4) is 0 Å². The number of hydrogen-bond donors (Lipinski definition) is 3. The fraction of sp³-hybridized carbons (Fsp3) is 0.459.